The first-order valence-electron chi connectivity index (χ1n) is 4.99. The van der Waals surface area contributed by atoms with Crippen LogP contribution in [0.15, 0.2) is 30.3 Å². The summed E-state index contributed by atoms with van der Waals surface area (Å²) in [6.07, 6.45) is -0.922. The van der Waals surface area contributed by atoms with E-state index in [1.54, 1.807) is 24.3 Å². The number of carbonyl (C=O) groups excluding carboxylic acids is 2. The Morgan fingerprint density at radius 1 is 1.00 bits per heavy atom. The van der Waals surface area contributed by atoms with Crippen LogP contribution in [0.5, 0.6) is 0 Å². The van der Waals surface area contributed by atoms with Crippen molar-refractivity contribution in [3.05, 3.63) is 35.9 Å². The number of esters is 2. The molecule has 84 valence electrons. The van der Waals surface area contributed by atoms with Crippen molar-refractivity contribution in [2.75, 3.05) is 0 Å². The Balaban J connectivity index is 2.24. The molecule has 0 unspecified atom stereocenters. The van der Waals surface area contributed by atoms with Crippen LogP contribution in [0.4, 0.5) is 0 Å². The van der Waals surface area contributed by atoms with E-state index in [0.29, 0.717) is 5.56 Å². The van der Waals surface area contributed by atoms with Gasteiger partial charge >= 0.3 is 11.9 Å². The summed E-state index contributed by atoms with van der Waals surface area (Å²) in [4.78, 5) is 23.2. The summed E-state index contributed by atoms with van der Waals surface area (Å²) in [6.45, 7) is 2.97. The first kappa shape index (κ1) is 10.7. The molecule has 1 aliphatic heterocycles. The summed E-state index contributed by atoms with van der Waals surface area (Å²) in [7, 11) is 0. The number of ether oxygens (including phenoxy) is 2. The lowest BCUT2D eigenvalue weighted by Crippen LogP contribution is -2.43. The minimum absolute atomic E-state index is 0.558. The molecular formula is C12H12O4. The van der Waals surface area contributed by atoms with Gasteiger partial charge in [0.1, 0.15) is 0 Å². The molecule has 4 heteroatoms. The summed E-state index contributed by atoms with van der Waals surface area (Å²) in [5, 5.41) is 0. The Hall–Kier alpha value is -1.84. The zero-order chi connectivity index (χ0) is 11.8. The van der Waals surface area contributed by atoms with Gasteiger partial charge in [-0.25, -0.2) is 0 Å². The van der Waals surface area contributed by atoms with Crippen LogP contribution in [0.3, 0.4) is 0 Å². The Labute approximate surface area is 93.2 Å². The number of hydrogen-bond donors (Lipinski definition) is 0. The maximum atomic E-state index is 11.6. The van der Waals surface area contributed by atoms with Crippen LogP contribution in [0.25, 0.3) is 0 Å². The molecule has 1 fully saturated rings. The van der Waals surface area contributed by atoms with E-state index >= 15 is 0 Å². The average Bonchev–Trinajstić information content (AvgIpc) is 2.27. The van der Waals surface area contributed by atoms with Gasteiger partial charge in [0.25, 0.3) is 6.29 Å². The first-order chi connectivity index (χ1) is 7.51. The number of benzene rings is 1. The summed E-state index contributed by atoms with van der Waals surface area (Å²) in [6, 6.07) is 8.89. The highest BCUT2D eigenvalue weighted by atomic mass is 16.7. The standard InChI is InChI=1S/C12H12O4/c1-12(2)10(13)15-9(16-11(12)14)8-6-4-3-5-7-8/h3-7,9H,1-2H3. The van der Waals surface area contributed by atoms with Gasteiger partial charge in [0.05, 0.1) is 0 Å². The summed E-state index contributed by atoms with van der Waals surface area (Å²) >= 11 is 0. The van der Waals surface area contributed by atoms with E-state index in [4.69, 9.17) is 9.47 Å². The minimum Gasteiger partial charge on any atom is -0.420 e. The van der Waals surface area contributed by atoms with Crippen LogP contribution in [0.1, 0.15) is 25.7 Å². The van der Waals surface area contributed by atoms with Gasteiger partial charge in [0.2, 0.25) is 0 Å². The molecule has 0 aliphatic carbocycles. The van der Waals surface area contributed by atoms with E-state index in [-0.39, 0.29) is 0 Å². The maximum Gasteiger partial charge on any atom is 0.326 e. The van der Waals surface area contributed by atoms with Crippen molar-refractivity contribution in [3.8, 4) is 0 Å². The summed E-state index contributed by atoms with van der Waals surface area (Å²) in [5.74, 6) is -1.12. The van der Waals surface area contributed by atoms with Gasteiger partial charge in [-0.3, -0.25) is 9.59 Å². The fraction of sp³-hybridized carbons (Fsp3) is 0.333. The van der Waals surface area contributed by atoms with Crippen LogP contribution < -0.4 is 0 Å². The fourth-order valence-electron chi connectivity index (χ4n) is 1.34. The maximum absolute atomic E-state index is 11.6. The monoisotopic (exact) mass is 220 g/mol. The van der Waals surface area contributed by atoms with Gasteiger partial charge in [0.15, 0.2) is 5.41 Å². The molecule has 0 aromatic heterocycles. The molecular weight excluding hydrogens is 208 g/mol. The molecule has 1 aromatic carbocycles. The molecule has 4 nitrogen and oxygen atoms in total. The number of rotatable bonds is 1. The van der Waals surface area contributed by atoms with E-state index < -0.39 is 23.6 Å². The Bertz CT molecular complexity index is 402. The Kier molecular flexibility index (Phi) is 2.42. The molecule has 0 radical (unpaired) electrons. The third-order valence-corrected chi connectivity index (χ3v) is 2.52. The van der Waals surface area contributed by atoms with Gasteiger partial charge in [-0.2, -0.15) is 0 Å². The zero-order valence-corrected chi connectivity index (χ0v) is 9.10. The largest absolute Gasteiger partial charge is 0.420 e. The van der Waals surface area contributed by atoms with Crippen LogP contribution in [-0.2, 0) is 19.1 Å². The summed E-state index contributed by atoms with van der Waals surface area (Å²) < 4.78 is 10.2. The van der Waals surface area contributed by atoms with E-state index in [2.05, 4.69) is 0 Å². The molecule has 1 saturated heterocycles. The van der Waals surface area contributed by atoms with E-state index in [9.17, 15) is 9.59 Å². The second-order valence-electron chi connectivity index (χ2n) is 4.18. The number of cyclic esters (lactones) is 2. The number of hydrogen-bond acceptors (Lipinski definition) is 4. The molecule has 2 rings (SSSR count). The lowest BCUT2D eigenvalue weighted by atomic mass is 9.93. The molecule has 1 aromatic rings. The molecule has 1 aliphatic rings. The normalized spacial score (nSPS) is 20.1. The van der Waals surface area contributed by atoms with Crippen LogP contribution in [0.2, 0.25) is 0 Å². The average molecular weight is 220 g/mol. The lowest BCUT2D eigenvalue weighted by molar-refractivity contribution is -0.222. The second kappa shape index (κ2) is 3.63. The molecule has 0 spiro atoms. The van der Waals surface area contributed by atoms with E-state index in [1.165, 1.54) is 13.8 Å². The minimum atomic E-state index is -1.22. The summed E-state index contributed by atoms with van der Waals surface area (Å²) in [5.41, 5.74) is -0.564. The van der Waals surface area contributed by atoms with Gasteiger partial charge in [-0.15, -0.1) is 0 Å². The number of carbonyl (C=O) groups is 2. The first-order valence-corrected chi connectivity index (χ1v) is 4.99. The topological polar surface area (TPSA) is 52.6 Å². The fourth-order valence-corrected chi connectivity index (χ4v) is 1.34. The SMILES string of the molecule is CC1(C)C(=O)OC(c2ccccc2)OC1=O. The third-order valence-electron chi connectivity index (χ3n) is 2.52. The van der Waals surface area contributed by atoms with Crippen LogP contribution >= 0.6 is 0 Å². The van der Waals surface area contributed by atoms with Gasteiger partial charge in [0, 0.05) is 5.56 Å². The van der Waals surface area contributed by atoms with Crippen molar-refractivity contribution in [2.24, 2.45) is 5.41 Å². The highest BCUT2D eigenvalue weighted by Crippen LogP contribution is 2.33. The van der Waals surface area contributed by atoms with Crippen molar-refractivity contribution in [3.63, 3.8) is 0 Å². The molecule has 1 heterocycles. The third kappa shape index (κ3) is 1.66. The second-order valence-corrected chi connectivity index (χ2v) is 4.18. The molecule has 16 heavy (non-hydrogen) atoms. The predicted molar refractivity (Wildman–Crippen MR) is 55.1 cm³/mol. The molecule has 0 N–H and O–H groups in total. The smallest absolute Gasteiger partial charge is 0.326 e. The Morgan fingerprint density at radius 3 is 2.00 bits per heavy atom. The molecule has 0 atom stereocenters. The lowest BCUT2D eigenvalue weighted by Gasteiger charge is -2.31. The van der Waals surface area contributed by atoms with Crippen molar-refractivity contribution in [2.45, 2.75) is 20.1 Å². The Morgan fingerprint density at radius 2 is 1.50 bits per heavy atom. The highest BCUT2D eigenvalue weighted by Gasteiger charge is 2.46. The predicted octanol–water partition coefficient (Wildman–Crippen LogP) is 1.81. The van der Waals surface area contributed by atoms with Crippen LogP contribution in [0, 0.1) is 5.41 Å². The molecule has 0 bridgehead atoms. The van der Waals surface area contributed by atoms with Crippen molar-refractivity contribution < 1.29 is 19.1 Å². The molecule has 0 amide bonds. The molecule has 0 saturated carbocycles. The van der Waals surface area contributed by atoms with Crippen molar-refractivity contribution in [1.82, 2.24) is 0 Å². The van der Waals surface area contributed by atoms with Gasteiger partial charge in [-0.1, -0.05) is 30.3 Å². The van der Waals surface area contributed by atoms with Crippen molar-refractivity contribution in [1.29, 1.82) is 0 Å². The van der Waals surface area contributed by atoms with E-state index in [0.717, 1.165) is 0 Å². The van der Waals surface area contributed by atoms with E-state index in [1.807, 2.05) is 6.07 Å². The highest BCUT2D eigenvalue weighted by molar-refractivity contribution is 6.00. The zero-order valence-electron chi connectivity index (χ0n) is 9.10. The quantitative estimate of drug-likeness (QED) is 0.535. The van der Waals surface area contributed by atoms with Crippen molar-refractivity contribution >= 4 is 11.9 Å². The van der Waals surface area contributed by atoms with Crippen LogP contribution in [-0.4, -0.2) is 11.9 Å². The van der Waals surface area contributed by atoms with Gasteiger partial charge in [-0.05, 0) is 13.8 Å². The van der Waals surface area contributed by atoms with Gasteiger partial charge < -0.3 is 9.47 Å².